The zero-order valence-corrected chi connectivity index (χ0v) is 8.56. The van der Waals surface area contributed by atoms with Gasteiger partial charge in [-0.1, -0.05) is 6.58 Å². The van der Waals surface area contributed by atoms with Crippen LogP contribution in [0.2, 0.25) is 0 Å². The lowest BCUT2D eigenvalue weighted by atomic mass is 10.4. The zero-order valence-electron chi connectivity index (χ0n) is 8.56. The number of hydrogen-bond donors (Lipinski definition) is 0. The summed E-state index contributed by atoms with van der Waals surface area (Å²) in [6.45, 7) is 5.14. The maximum absolute atomic E-state index is 11.9. The van der Waals surface area contributed by atoms with Crippen LogP contribution in [0.3, 0.4) is 0 Å². The fourth-order valence-electron chi connectivity index (χ4n) is 0.577. The van der Waals surface area contributed by atoms with E-state index >= 15 is 0 Å². The van der Waals surface area contributed by atoms with Crippen LogP contribution in [-0.4, -0.2) is 31.5 Å². The summed E-state index contributed by atoms with van der Waals surface area (Å²) in [5.41, 5.74) is 0.193. The van der Waals surface area contributed by atoms with Gasteiger partial charge in [-0.25, -0.2) is 4.79 Å². The number of rotatable bonds is 5. The third-order valence-electron chi connectivity index (χ3n) is 1.49. The molecule has 88 valence electrons. The fraction of sp³-hybridized carbons (Fsp3) is 0.667. The van der Waals surface area contributed by atoms with E-state index in [1.807, 2.05) is 0 Å². The Morgan fingerprint density at radius 2 is 1.93 bits per heavy atom. The SMILES string of the molecule is C=C(C)C(=O)OCCOC(C)C(F)(F)F. The van der Waals surface area contributed by atoms with E-state index in [-0.39, 0.29) is 18.8 Å². The molecule has 0 aliphatic heterocycles. The Kier molecular flexibility index (Phi) is 5.35. The van der Waals surface area contributed by atoms with Crippen LogP contribution in [0, 0.1) is 0 Å². The zero-order chi connectivity index (χ0) is 12.1. The molecular weight excluding hydrogens is 213 g/mol. The molecular formula is C9H13F3O3. The Morgan fingerprint density at radius 3 is 2.33 bits per heavy atom. The highest BCUT2D eigenvalue weighted by atomic mass is 19.4. The van der Waals surface area contributed by atoms with Gasteiger partial charge < -0.3 is 9.47 Å². The number of halogens is 3. The van der Waals surface area contributed by atoms with Gasteiger partial charge in [0.25, 0.3) is 0 Å². The van der Waals surface area contributed by atoms with E-state index in [1.54, 1.807) is 0 Å². The fourth-order valence-corrected chi connectivity index (χ4v) is 0.577. The van der Waals surface area contributed by atoms with Crippen molar-refractivity contribution in [3.63, 3.8) is 0 Å². The first-order valence-corrected chi connectivity index (χ1v) is 4.26. The molecule has 1 unspecified atom stereocenters. The van der Waals surface area contributed by atoms with Crippen molar-refractivity contribution < 1.29 is 27.4 Å². The van der Waals surface area contributed by atoms with Crippen LogP contribution >= 0.6 is 0 Å². The molecule has 0 bridgehead atoms. The first-order chi connectivity index (χ1) is 6.75. The molecule has 0 N–H and O–H groups in total. The Hall–Kier alpha value is -1.04. The highest BCUT2D eigenvalue weighted by Crippen LogP contribution is 2.21. The monoisotopic (exact) mass is 226 g/mol. The van der Waals surface area contributed by atoms with E-state index in [0.29, 0.717) is 0 Å². The predicted molar refractivity (Wildman–Crippen MR) is 47.2 cm³/mol. The molecule has 0 fully saturated rings. The van der Waals surface area contributed by atoms with Gasteiger partial charge in [0.1, 0.15) is 6.61 Å². The molecule has 15 heavy (non-hydrogen) atoms. The number of carbonyl (C=O) groups excluding carboxylic acids is 1. The highest BCUT2D eigenvalue weighted by molar-refractivity contribution is 5.86. The molecule has 1 atom stereocenters. The van der Waals surface area contributed by atoms with Crippen molar-refractivity contribution in [2.45, 2.75) is 26.1 Å². The average molecular weight is 226 g/mol. The second kappa shape index (κ2) is 5.75. The van der Waals surface area contributed by atoms with Gasteiger partial charge in [0.05, 0.1) is 6.61 Å². The van der Waals surface area contributed by atoms with Crippen molar-refractivity contribution in [2.75, 3.05) is 13.2 Å². The van der Waals surface area contributed by atoms with Gasteiger partial charge in [-0.3, -0.25) is 0 Å². The topological polar surface area (TPSA) is 35.5 Å². The molecule has 0 saturated carbocycles. The second-order valence-corrected chi connectivity index (χ2v) is 2.97. The van der Waals surface area contributed by atoms with Gasteiger partial charge in [0.2, 0.25) is 0 Å². The smallest absolute Gasteiger partial charge is 0.414 e. The van der Waals surface area contributed by atoms with Gasteiger partial charge in [-0.2, -0.15) is 13.2 Å². The minimum Gasteiger partial charge on any atom is -0.460 e. The maximum atomic E-state index is 11.9. The van der Waals surface area contributed by atoms with E-state index in [9.17, 15) is 18.0 Å². The van der Waals surface area contributed by atoms with Crippen LogP contribution < -0.4 is 0 Å². The van der Waals surface area contributed by atoms with E-state index in [0.717, 1.165) is 6.92 Å². The number of esters is 1. The van der Waals surface area contributed by atoms with Gasteiger partial charge in [-0.15, -0.1) is 0 Å². The van der Waals surface area contributed by atoms with Crippen LogP contribution in [0.1, 0.15) is 13.8 Å². The summed E-state index contributed by atoms with van der Waals surface area (Å²) in [5, 5.41) is 0. The summed E-state index contributed by atoms with van der Waals surface area (Å²) in [5.74, 6) is -0.640. The number of carbonyl (C=O) groups is 1. The number of hydrogen-bond acceptors (Lipinski definition) is 3. The molecule has 0 aliphatic rings. The van der Waals surface area contributed by atoms with Crippen LogP contribution in [0.5, 0.6) is 0 Å². The van der Waals surface area contributed by atoms with Gasteiger partial charge in [-0.05, 0) is 13.8 Å². The van der Waals surface area contributed by atoms with E-state index < -0.39 is 18.2 Å². The van der Waals surface area contributed by atoms with Crippen molar-refractivity contribution in [3.05, 3.63) is 12.2 Å². The normalized spacial score (nSPS) is 13.4. The Labute approximate surface area is 85.9 Å². The van der Waals surface area contributed by atoms with Gasteiger partial charge in [0.15, 0.2) is 6.10 Å². The molecule has 0 saturated heterocycles. The molecule has 0 aromatic heterocycles. The second-order valence-electron chi connectivity index (χ2n) is 2.97. The third-order valence-corrected chi connectivity index (χ3v) is 1.49. The Balaban J connectivity index is 3.64. The number of alkyl halides is 3. The molecule has 0 amide bonds. The average Bonchev–Trinajstić information content (AvgIpc) is 2.09. The molecule has 0 rings (SSSR count). The summed E-state index contributed by atoms with van der Waals surface area (Å²) < 4.78 is 44.7. The summed E-state index contributed by atoms with van der Waals surface area (Å²) in [4.78, 5) is 10.8. The Bertz CT molecular complexity index is 235. The summed E-state index contributed by atoms with van der Waals surface area (Å²) in [6.07, 6.45) is -6.25. The standard InChI is InChI=1S/C9H13F3O3/c1-6(2)8(13)15-5-4-14-7(3)9(10,11)12/h7H,1,4-5H2,2-3H3. The molecule has 6 heteroatoms. The molecule has 0 aliphatic carbocycles. The quantitative estimate of drug-likeness (QED) is 0.409. The summed E-state index contributed by atoms with van der Waals surface area (Å²) in [7, 11) is 0. The van der Waals surface area contributed by atoms with Crippen LogP contribution in [-0.2, 0) is 14.3 Å². The lowest BCUT2D eigenvalue weighted by Crippen LogP contribution is -2.29. The minimum absolute atomic E-state index is 0.193. The molecule has 0 aromatic carbocycles. The van der Waals surface area contributed by atoms with Crippen molar-refractivity contribution in [3.8, 4) is 0 Å². The lowest BCUT2D eigenvalue weighted by Gasteiger charge is -2.16. The summed E-state index contributed by atoms with van der Waals surface area (Å²) in [6, 6.07) is 0. The highest BCUT2D eigenvalue weighted by Gasteiger charge is 2.36. The first kappa shape index (κ1) is 14.0. The first-order valence-electron chi connectivity index (χ1n) is 4.26. The van der Waals surface area contributed by atoms with E-state index in [1.165, 1.54) is 6.92 Å². The molecule has 0 aromatic rings. The lowest BCUT2D eigenvalue weighted by molar-refractivity contribution is -0.216. The maximum Gasteiger partial charge on any atom is 0.414 e. The molecule has 0 radical (unpaired) electrons. The van der Waals surface area contributed by atoms with Crippen molar-refractivity contribution in [1.82, 2.24) is 0 Å². The predicted octanol–water partition coefficient (Wildman–Crippen LogP) is 2.07. The van der Waals surface area contributed by atoms with Crippen LogP contribution in [0.15, 0.2) is 12.2 Å². The van der Waals surface area contributed by atoms with E-state index in [2.05, 4.69) is 16.1 Å². The Morgan fingerprint density at radius 1 is 1.40 bits per heavy atom. The van der Waals surface area contributed by atoms with Gasteiger partial charge >= 0.3 is 12.1 Å². The number of ether oxygens (including phenoxy) is 2. The van der Waals surface area contributed by atoms with Crippen LogP contribution in [0.4, 0.5) is 13.2 Å². The minimum atomic E-state index is -4.39. The molecule has 0 heterocycles. The third kappa shape index (κ3) is 6.11. The molecule has 3 nitrogen and oxygen atoms in total. The van der Waals surface area contributed by atoms with E-state index in [4.69, 9.17) is 0 Å². The largest absolute Gasteiger partial charge is 0.460 e. The molecule has 0 spiro atoms. The van der Waals surface area contributed by atoms with Crippen molar-refractivity contribution in [2.24, 2.45) is 0 Å². The van der Waals surface area contributed by atoms with Gasteiger partial charge in [0, 0.05) is 5.57 Å². The van der Waals surface area contributed by atoms with Crippen LogP contribution in [0.25, 0.3) is 0 Å². The van der Waals surface area contributed by atoms with Crippen molar-refractivity contribution in [1.29, 1.82) is 0 Å². The van der Waals surface area contributed by atoms with Crippen molar-refractivity contribution >= 4 is 5.97 Å². The summed E-state index contributed by atoms with van der Waals surface area (Å²) >= 11 is 0.